The molecule has 0 fully saturated rings. The molecule has 6 nitrogen and oxygen atoms in total. The molecule has 0 saturated heterocycles. The van der Waals surface area contributed by atoms with Crippen LogP contribution in [0.15, 0.2) is 36.7 Å². The number of aromatic nitrogens is 2. The van der Waals surface area contributed by atoms with Crippen LogP contribution in [0, 0.1) is 5.92 Å². The van der Waals surface area contributed by atoms with Crippen LogP contribution in [-0.2, 0) is 13.6 Å². The van der Waals surface area contributed by atoms with Crippen LogP contribution in [0.4, 0.5) is 10.5 Å². The standard InChI is InChI=1S/C18H26N4O2/c1-14(2)8-9-24-17-7-5-6-16(10-17)20-18(23)21(3)12-15-11-19-22(4)13-15/h5-7,10-11,13-14H,8-9,12H2,1-4H3,(H,20,23). The number of nitrogens with zero attached hydrogens (tertiary/aromatic N) is 3. The zero-order chi connectivity index (χ0) is 17.5. The van der Waals surface area contributed by atoms with E-state index in [9.17, 15) is 4.79 Å². The van der Waals surface area contributed by atoms with Gasteiger partial charge in [-0.2, -0.15) is 5.10 Å². The summed E-state index contributed by atoms with van der Waals surface area (Å²) in [7, 11) is 3.61. The van der Waals surface area contributed by atoms with Gasteiger partial charge in [0, 0.05) is 37.6 Å². The van der Waals surface area contributed by atoms with Crippen molar-refractivity contribution in [1.82, 2.24) is 14.7 Å². The van der Waals surface area contributed by atoms with Crippen LogP contribution in [0.3, 0.4) is 0 Å². The fourth-order valence-electron chi connectivity index (χ4n) is 2.19. The molecule has 2 aromatic rings. The Morgan fingerprint density at radius 3 is 2.88 bits per heavy atom. The van der Waals surface area contributed by atoms with Gasteiger partial charge in [0.25, 0.3) is 0 Å². The van der Waals surface area contributed by atoms with Gasteiger partial charge >= 0.3 is 6.03 Å². The van der Waals surface area contributed by atoms with Gasteiger partial charge in [0.1, 0.15) is 5.75 Å². The molecule has 6 heteroatoms. The molecule has 0 aliphatic carbocycles. The first-order valence-corrected chi connectivity index (χ1v) is 8.16. The molecule has 0 spiro atoms. The maximum Gasteiger partial charge on any atom is 0.321 e. The van der Waals surface area contributed by atoms with Crippen molar-refractivity contribution in [2.24, 2.45) is 13.0 Å². The Balaban J connectivity index is 1.88. The number of aryl methyl sites for hydroxylation is 1. The third-order valence-corrected chi connectivity index (χ3v) is 3.57. The van der Waals surface area contributed by atoms with E-state index in [-0.39, 0.29) is 6.03 Å². The minimum atomic E-state index is -0.168. The molecule has 0 saturated carbocycles. The molecule has 1 N–H and O–H groups in total. The number of benzene rings is 1. The van der Waals surface area contributed by atoms with E-state index in [2.05, 4.69) is 24.3 Å². The molecule has 0 bridgehead atoms. The molecule has 0 atom stereocenters. The number of hydrogen-bond acceptors (Lipinski definition) is 3. The highest BCUT2D eigenvalue weighted by atomic mass is 16.5. The van der Waals surface area contributed by atoms with Crippen LogP contribution in [0.1, 0.15) is 25.8 Å². The first-order valence-electron chi connectivity index (χ1n) is 8.16. The van der Waals surface area contributed by atoms with Crippen molar-refractivity contribution in [1.29, 1.82) is 0 Å². The molecule has 2 amide bonds. The molecule has 130 valence electrons. The van der Waals surface area contributed by atoms with E-state index < -0.39 is 0 Å². The number of ether oxygens (including phenoxy) is 1. The maximum absolute atomic E-state index is 12.3. The predicted octanol–water partition coefficient (Wildman–Crippen LogP) is 3.51. The fraction of sp³-hybridized carbons (Fsp3) is 0.444. The highest BCUT2D eigenvalue weighted by Gasteiger charge is 2.11. The molecule has 24 heavy (non-hydrogen) atoms. The lowest BCUT2D eigenvalue weighted by Gasteiger charge is -2.17. The smallest absolute Gasteiger partial charge is 0.321 e. The lowest BCUT2D eigenvalue weighted by atomic mass is 10.1. The molecule has 0 aliphatic heterocycles. The summed E-state index contributed by atoms with van der Waals surface area (Å²) in [5, 5.41) is 7.00. The molecule has 0 aliphatic rings. The van der Waals surface area contributed by atoms with Gasteiger partial charge in [0.05, 0.1) is 19.3 Å². The van der Waals surface area contributed by atoms with Crippen LogP contribution in [0.5, 0.6) is 5.75 Å². The van der Waals surface area contributed by atoms with E-state index in [0.29, 0.717) is 19.1 Å². The van der Waals surface area contributed by atoms with Crippen LogP contribution in [-0.4, -0.2) is 34.4 Å². The molecule has 2 rings (SSSR count). The third-order valence-electron chi connectivity index (χ3n) is 3.57. The summed E-state index contributed by atoms with van der Waals surface area (Å²) in [6, 6.07) is 7.30. The largest absolute Gasteiger partial charge is 0.494 e. The average Bonchev–Trinajstić information content (AvgIpc) is 2.92. The quantitative estimate of drug-likeness (QED) is 0.845. The molecular formula is C18H26N4O2. The van der Waals surface area contributed by atoms with Gasteiger partial charge in [-0.1, -0.05) is 19.9 Å². The Labute approximate surface area is 143 Å². The highest BCUT2D eigenvalue weighted by molar-refractivity contribution is 5.89. The number of nitrogens with one attached hydrogen (secondary N) is 1. The molecule has 0 radical (unpaired) electrons. The van der Waals surface area contributed by atoms with Gasteiger partial charge in [0.2, 0.25) is 0 Å². The van der Waals surface area contributed by atoms with E-state index >= 15 is 0 Å². The third kappa shape index (κ3) is 5.61. The fourth-order valence-corrected chi connectivity index (χ4v) is 2.19. The Morgan fingerprint density at radius 1 is 1.42 bits per heavy atom. The van der Waals surface area contributed by atoms with E-state index in [1.165, 1.54) is 0 Å². The van der Waals surface area contributed by atoms with E-state index in [4.69, 9.17) is 4.74 Å². The van der Waals surface area contributed by atoms with E-state index in [1.807, 2.05) is 37.5 Å². The van der Waals surface area contributed by atoms with Crippen LogP contribution >= 0.6 is 0 Å². The summed E-state index contributed by atoms with van der Waals surface area (Å²) in [4.78, 5) is 13.9. The van der Waals surface area contributed by atoms with Crippen molar-refractivity contribution >= 4 is 11.7 Å². The lowest BCUT2D eigenvalue weighted by molar-refractivity contribution is 0.220. The van der Waals surface area contributed by atoms with E-state index in [0.717, 1.165) is 23.4 Å². The summed E-state index contributed by atoms with van der Waals surface area (Å²) < 4.78 is 7.44. The zero-order valence-electron chi connectivity index (χ0n) is 14.8. The summed E-state index contributed by atoms with van der Waals surface area (Å²) in [6.07, 6.45) is 4.66. The minimum Gasteiger partial charge on any atom is -0.494 e. The second-order valence-corrected chi connectivity index (χ2v) is 6.37. The highest BCUT2D eigenvalue weighted by Crippen LogP contribution is 2.18. The van der Waals surface area contributed by atoms with Crippen molar-refractivity contribution < 1.29 is 9.53 Å². The van der Waals surface area contributed by atoms with Crippen molar-refractivity contribution in [3.8, 4) is 5.75 Å². The molecule has 0 unspecified atom stereocenters. The number of urea groups is 1. The number of carbonyl (C=O) groups excluding carboxylic acids is 1. The summed E-state index contributed by atoms with van der Waals surface area (Å²) >= 11 is 0. The maximum atomic E-state index is 12.3. The van der Waals surface area contributed by atoms with Gasteiger partial charge in [0.15, 0.2) is 0 Å². The van der Waals surface area contributed by atoms with Crippen LogP contribution in [0.2, 0.25) is 0 Å². The van der Waals surface area contributed by atoms with Gasteiger partial charge in [-0.05, 0) is 24.5 Å². The summed E-state index contributed by atoms with van der Waals surface area (Å²) in [5.41, 5.74) is 1.71. The molecule has 1 aromatic heterocycles. The number of amides is 2. The van der Waals surface area contributed by atoms with Gasteiger partial charge in [-0.25, -0.2) is 4.79 Å². The molecular weight excluding hydrogens is 304 g/mol. The first-order chi connectivity index (χ1) is 11.4. The van der Waals surface area contributed by atoms with Crippen molar-refractivity contribution in [2.45, 2.75) is 26.8 Å². The van der Waals surface area contributed by atoms with Crippen molar-refractivity contribution in [3.05, 3.63) is 42.2 Å². The topological polar surface area (TPSA) is 59.4 Å². The van der Waals surface area contributed by atoms with Crippen molar-refractivity contribution in [3.63, 3.8) is 0 Å². The van der Waals surface area contributed by atoms with E-state index in [1.54, 1.807) is 22.8 Å². The number of carbonyl (C=O) groups is 1. The van der Waals surface area contributed by atoms with Gasteiger partial charge < -0.3 is 15.0 Å². The Bertz CT molecular complexity index is 667. The predicted molar refractivity (Wildman–Crippen MR) is 95.1 cm³/mol. The summed E-state index contributed by atoms with van der Waals surface area (Å²) in [6.45, 7) is 5.51. The lowest BCUT2D eigenvalue weighted by Crippen LogP contribution is -2.30. The first kappa shape index (κ1) is 17.8. The SMILES string of the molecule is CC(C)CCOc1cccc(NC(=O)N(C)Cc2cnn(C)c2)c1. The number of hydrogen-bond donors (Lipinski definition) is 1. The molecule has 1 heterocycles. The number of anilines is 1. The Hall–Kier alpha value is -2.50. The second kappa shape index (κ2) is 8.38. The monoisotopic (exact) mass is 330 g/mol. The minimum absolute atomic E-state index is 0.168. The normalized spacial score (nSPS) is 10.7. The van der Waals surface area contributed by atoms with Crippen LogP contribution in [0.25, 0.3) is 0 Å². The van der Waals surface area contributed by atoms with Gasteiger partial charge in [-0.3, -0.25) is 4.68 Å². The average molecular weight is 330 g/mol. The second-order valence-electron chi connectivity index (χ2n) is 6.37. The molecule has 1 aromatic carbocycles. The summed E-state index contributed by atoms with van der Waals surface area (Å²) in [5.74, 6) is 1.37. The number of rotatable bonds is 7. The van der Waals surface area contributed by atoms with Crippen molar-refractivity contribution in [2.75, 3.05) is 19.0 Å². The van der Waals surface area contributed by atoms with Gasteiger partial charge in [-0.15, -0.1) is 0 Å². The Morgan fingerprint density at radius 2 is 2.21 bits per heavy atom. The van der Waals surface area contributed by atoms with Crippen LogP contribution < -0.4 is 10.1 Å². The zero-order valence-corrected chi connectivity index (χ0v) is 14.8. The Kier molecular flexibility index (Phi) is 6.23.